The number of allylic oxidation sites excluding steroid dienone is 1. The number of rotatable bonds is 8. The van der Waals surface area contributed by atoms with Crippen molar-refractivity contribution >= 4 is 50.0 Å². The minimum absolute atomic E-state index is 0.147. The normalized spacial score (nSPS) is 26.2. The molecule has 3 fully saturated rings. The van der Waals surface area contributed by atoms with Gasteiger partial charge in [0, 0.05) is 41.2 Å². The molecule has 2 aromatic heterocycles. The van der Waals surface area contributed by atoms with Crippen molar-refractivity contribution in [1.82, 2.24) is 24.9 Å². The van der Waals surface area contributed by atoms with Gasteiger partial charge in [0.2, 0.25) is 21.8 Å². The molecule has 12 nitrogen and oxygen atoms in total. The number of nitrogens with zero attached hydrogens (tertiary/aromatic N) is 3. The quantitative estimate of drug-likeness (QED) is 0.282. The Morgan fingerprint density at radius 3 is 2.63 bits per heavy atom. The monoisotopic (exact) mass is 749 g/mol. The molecule has 4 aliphatic rings. The highest BCUT2D eigenvalue weighted by atomic mass is 32.2. The van der Waals surface area contributed by atoms with E-state index in [-0.39, 0.29) is 37.1 Å². The van der Waals surface area contributed by atoms with E-state index in [0.29, 0.717) is 48.4 Å². The van der Waals surface area contributed by atoms with E-state index in [1.807, 2.05) is 42.7 Å². The third-order valence-corrected chi connectivity index (χ3v) is 13.4. The molecule has 52 heavy (non-hydrogen) atoms. The van der Waals surface area contributed by atoms with Gasteiger partial charge in [0.15, 0.2) is 0 Å². The van der Waals surface area contributed by atoms with Crippen LogP contribution in [0.25, 0.3) is 21.6 Å². The molecular formula is C38H47N5O7S2. The van der Waals surface area contributed by atoms with Crippen LogP contribution < -0.4 is 19.5 Å². The highest BCUT2D eigenvalue weighted by Gasteiger charge is 2.62. The number of pyridine rings is 1. The fourth-order valence-electron chi connectivity index (χ4n) is 7.33. The maximum Gasteiger partial charge on any atom is 0.259 e. The van der Waals surface area contributed by atoms with Gasteiger partial charge in [-0.15, -0.1) is 11.3 Å². The van der Waals surface area contributed by atoms with Crippen LogP contribution in [0.5, 0.6) is 11.5 Å². The molecule has 3 aromatic rings. The number of carbonyl (C=O) groups excluding carboxylic acids is 3. The van der Waals surface area contributed by atoms with Crippen molar-refractivity contribution in [3.8, 4) is 22.2 Å². The maximum absolute atomic E-state index is 14.2. The van der Waals surface area contributed by atoms with Crippen molar-refractivity contribution in [2.45, 2.75) is 114 Å². The third-order valence-electron chi connectivity index (χ3n) is 10.7. The van der Waals surface area contributed by atoms with Crippen molar-refractivity contribution < 1.29 is 32.3 Å². The molecule has 1 saturated heterocycles. The van der Waals surface area contributed by atoms with Gasteiger partial charge in [-0.3, -0.25) is 19.1 Å². The zero-order valence-corrected chi connectivity index (χ0v) is 31.8. The second-order valence-electron chi connectivity index (χ2n) is 14.9. The van der Waals surface area contributed by atoms with Crippen molar-refractivity contribution in [2.24, 2.45) is 5.92 Å². The Bertz CT molecular complexity index is 2020. The van der Waals surface area contributed by atoms with E-state index in [1.54, 1.807) is 12.0 Å². The van der Waals surface area contributed by atoms with Crippen LogP contribution in [-0.2, 0) is 24.4 Å². The van der Waals surface area contributed by atoms with Gasteiger partial charge in [-0.1, -0.05) is 38.8 Å². The number of thiazole rings is 1. The summed E-state index contributed by atoms with van der Waals surface area (Å²) < 4.78 is 40.2. The van der Waals surface area contributed by atoms with Crippen LogP contribution in [0.1, 0.15) is 95.2 Å². The van der Waals surface area contributed by atoms with Crippen molar-refractivity contribution in [3.05, 3.63) is 47.0 Å². The van der Waals surface area contributed by atoms with Gasteiger partial charge in [-0.05, 0) is 63.5 Å². The van der Waals surface area contributed by atoms with Gasteiger partial charge in [-0.25, -0.2) is 18.4 Å². The lowest BCUT2D eigenvalue weighted by Crippen LogP contribution is -2.56. The standard InChI is InChI=1S/C38H47N5O7S2/c1-22(2)29-21-51-36(40-29)28-18-32(27-15-16-31(49-4)23(3)34(27)39-28)50-25-17-30-35(45)41-38(37(46)42-52(47,48)26-13-14-26)19-24(38)11-9-7-5-6-8-10-12-33(44)43(30)20-25/h9,11,15-16,18,21-22,24-26,30H,5-8,10,12-14,17,19-20H2,1-4H3,(H,41,45)(H,42,46)/b11-9-/t24-,25-,30+,38-/m1/s1. The second kappa shape index (κ2) is 14.4. The number of aromatic nitrogens is 2. The molecule has 278 valence electrons. The number of fused-ring (bicyclic) bond motifs is 3. The zero-order valence-electron chi connectivity index (χ0n) is 30.1. The Morgan fingerprint density at radius 1 is 1.12 bits per heavy atom. The molecule has 0 radical (unpaired) electrons. The summed E-state index contributed by atoms with van der Waals surface area (Å²) in [6.07, 6.45) is 9.48. The van der Waals surface area contributed by atoms with Crippen LogP contribution in [0, 0.1) is 12.8 Å². The van der Waals surface area contributed by atoms with Gasteiger partial charge in [0.05, 0.1) is 30.1 Å². The molecule has 3 amide bonds. The number of methoxy groups -OCH3 is 1. The topological polar surface area (TPSA) is 157 Å². The van der Waals surface area contributed by atoms with E-state index in [9.17, 15) is 22.8 Å². The molecule has 14 heteroatoms. The molecule has 2 saturated carbocycles. The smallest absolute Gasteiger partial charge is 0.259 e. The second-order valence-corrected chi connectivity index (χ2v) is 17.7. The van der Waals surface area contributed by atoms with Crippen LogP contribution in [0.3, 0.4) is 0 Å². The lowest BCUT2D eigenvalue weighted by atomic mass is 10.1. The maximum atomic E-state index is 14.2. The van der Waals surface area contributed by atoms with Gasteiger partial charge in [0.1, 0.15) is 39.9 Å². The summed E-state index contributed by atoms with van der Waals surface area (Å²) in [4.78, 5) is 53.0. The Labute approximate surface area is 308 Å². The summed E-state index contributed by atoms with van der Waals surface area (Å²) in [6.45, 7) is 6.31. The van der Waals surface area contributed by atoms with Crippen LogP contribution in [-0.4, -0.2) is 77.6 Å². The van der Waals surface area contributed by atoms with Crippen LogP contribution >= 0.6 is 11.3 Å². The van der Waals surface area contributed by atoms with Gasteiger partial charge >= 0.3 is 0 Å². The predicted molar refractivity (Wildman–Crippen MR) is 199 cm³/mol. The lowest BCUT2D eigenvalue weighted by molar-refractivity contribution is -0.139. The van der Waals surface area contributed by atoms with E-state index >= 15 is 0 Å². The van der Waals surface area contributed by atoms with Gasteiger partial charge < -0.3 is 19.7 Å². The van der Waals surface area contributed by atoms with Crippen molar-refractivity contribution in [2.75, 3.05) is 13.7 Å². The lowest BCUT2D eigenvalue weighted by Gasteiger charge is -2.26. The molecule has 2 aliphatic heterocycles. The first kappa shape index (κ1) is 36.3. The number of aryl methyl sites for hydroxylation is 1. The van der Waals surface area contributed by atoms with Crippen LogP contribution in [0.15, 0.2) is 35.7 Å². The highest BCUT2D eigenvalue weighted by molar-refractivity contribution is 7.91. The first-order valence-corrected chi connectivity index (χ1v) is 20.8. The minimum Gasteiger partial charge on any atom is -0.496 e. The molecular weight excluding hydrogens is 703 g/mol. The molecule has 0 bridgehead atoms. The summed E-state index contributed by atoms with van der Waals surface area (Å²) >= 11 is 1.51. The number of carbonyl (C=O) groups is 3. The Hall–Kier alpha value is -4.04. The molecule has 4 atom stereocenters. The van der Waals surface area contributed by atoms with Crippen LogP contribution in [0.4, 0.5) is 0 Å². The van der Waals surface area contributed by atoms with Crippen molar-refractivity contribution in [3.63, 3.8) is 0 Å². The Balaban J connectivity index is 1.20. The number of hydrogen-bond donors (Lipinski definition) is 2. The van der Waals surface area contributed by atoms with E-state index in [4.69, 9.17) is 19.4 Å². The minimum atomic E-state index is -3.83. The summed E-state index contributed by atoms with van der Waals surface area (Å²) in [7, 11) is -2.21. The average molecular weight is 750 g/mol. The molecule has 0 unspecified atom stereocenters. The van der Waals surface area contributed by atoms with E-state index in [0.717, 1.165) is 47.3 Å². The first-order valence-electron chi connectivity index (χ1n) is 18.3. The predicted octanol–water partition coefficient (Wildman–Crippen LogP) is 5.54. The summed E-state index contributed by atoms with van der Waals surface area (Å²) in [5, 5.41) is 5.91. The Morgan fingerprint density at radius 2 is 1.90 bits per heavy atom. The number of amides is 3. The molecule has 2 aliphatic carbocycles. The Kier molecular flexibility index (Phi) is 10.1. The molecule has 7 rings (SSSR count). The molecule has 4 heterocycles. The first-order chi connectivity index (χ1) is 24.9. The highest BCUT2D eigenvalue weighted by Crippen LogP contribution is 2.46. The number of nitrogens with one attached hydrogen (secondary N) is 2. The number of sulfonamides is 1. The average Bonchev–Trinajstić information content (AvgIpc) is 3.98. The van der Waals surface area contributed by atoms with Crippen molar-refractivity contribution in [1.29, 1.82) is 0 Å². The number of hydrogen-bond acceptors (Lipinski definition) is 10. The number of ether oxygens (including phenoxy) is 2. The van der Waals surface area contributed by atoms with Gasteiger partial charge in [0.25, 0.3) is 5.91 Å². The third kappa shape index (κ3) is 7.28. The fraction of sp³-hybridized carbons (Fsp3) is 0.553. The molecule has 0 spiro atoms. The summed E-state index contributed by atoms with van der Waals surface area (Å²) in [5.41, 5.74) is 1.78. The van der Waals surface area contributed by atoms with E-state index in [1.165, 1.54) is 11.3 Å². The molecule has 1 aromatic carbocycles. The van der Waals surface area contributed by atoms with E-state index in [2.05, 4.69) is 23.9 Å². The van der Waals surface area contributed by atoms with E-state index < -0.39 is 44.8 Å². The zero-order chi connectivity index (χ0) is 36.8. The fourth-order valence-corrected chi connectivity index (χ4v) is 9.63. The largest absolute Gasteiger partial charge is 0.496 e. The van der Waals surface area contributed by atoms with Crippen LogP contribution in [0.2, 0.25) is 0 Å². The van der Waals surface area contributed by atoms with Gasteiger partial charge in [-0.2, -0.15) is 0 Å². The summed E-state index contributed by atoms with van der Waals surface area (Å²) in [5.74, 6) is -0.209. The number of benzene rings is 1. The SMILES string of the molecule is COc1ccc2c(O[C@@H]3C[C@H]4C(=O)N[C@]5(C(=O)NS(=O)(=O)C6CC6)C[C@H]5/C=C\CCCCCCC(=O)N4C3)cc(-c3nc(C(C)C)cs3)nc2c1C. The molecule has 2 N–H and O–H groups in total. The summed E-state index contributed by atoms with van der Waals surface area (Å²) in [6, 6.07) is 4.74.